The van der Waals surface area contributed by atoms with E-state index < -0.39 is 5.60 Å². The van der Waals surface area contributed by atoms with E-state index in [4.69, 9.17) is 0 Å². The van der Waals surface area contributed by atoms with Gasteiger partial charge >= 0.3 is 0 Å². The highest BCUT2D eigenvalue weighted by Gasteiger charge is 2.43. The van der Waals surface area contributed by atoms with Crippen LogP contribution in [0.5, 0.6) is 0 Å². The molecule has 3 rings (SSSR count). The summed E-state index contributed by atoms with van der Waals surface area (Å²) in [6, 6.07) is 6.70. The summed E-state index contributed by atoms with van der Waals surface area (Å²) in [5.74, 6) is 1.96. The molecule has 1 nitrogen and oxygen atoms in total. The van der Waals surface area contributed by atoms with Crippen molar-refractivity contribution >= 4 is 0 Å². The molecule has 2 heteroatoms. The van der Waals surface area contributed by atoms with Crippen molar-refractivity contribution in [2.45, 2.75) is 51.0 Å². The van der Waals surface area contributed by atoms with Crippen LogP contribution in [0.4, 0.5) is 4.39 Å². The minimum Gasteiger partial charge on any atom is -0.385 e. The highest BCUT2D eigenvalue weighted by atomic mass is 19.1. The molecule has 19 heavy (non-hydrogen) atoms. The summed E-state index contributed by atoms with van der Waals surface area (Å²) >= 11 is 0. The van der Waals surface area contributed by atoms with Gasteiger partial charge in [0.05, 0.1) is 5.60 Å². The van der Waals surface area contributed by atoms with E-state index in [9.17, 15) is 9.50 Å². The Morgan fingerprint density at radius 3 is 2.63 bits per heavy atom. The van der Waals surface area contributed by atoms with Crippen LogP contribution >= 0.6 is 0 Å². The number of benzene rings is 1. The minimum absolute atomic E-state index is 0.269. The summed E-state index contributed by atoms with van der Waals surface area (Å²) in [6.45, 7) is 1.96. The molecule has 0 radical (unpaired) electrons. The van der Waals surface area contributed by atoms with Crippen LogP contribution in [0.25, 0.3) is 0 Å². The fourth-order valence-electron chi connectivity index (χ4n) is 4.34. The third-order valence-electron chi connectivity index (χ3n) is 5.44. The van der Waals surface area contributed by atoms with Crippen molar-refractivity contribution in [3.8, 4) is 0 Å². The zero-order valence-electron chi connectivity index (χ0n) is 11.6. The van der Waals surface area contributed by atoms with Gasteiger partial charge in [0.15, 0.2) is 0 Å². The molecule has 104 valence electrons. The Hall–Kier alpha value is -0.890. The third-order valence-corrected chi connectivity index (χ3v) is 5.44. The monoisotopic (exact) mass is 262 g/mol. The van der Waals surface area contributed by atoms with E-state index in [2.05, 4.69) is 0 Å². The van der Waals surface area contributed by atoms with Gasteiger partial charge in [0.25, 0.3) is 0 Å². The van der Waals surface area contributed by atoms with Gasteiger partial charge in [-0.1, -0.05) is 31.5 Å². The first-order valence-corrected chi connectivity index (χ1v) is 7.60. The molecule has 2 aliphatic rings. The first-order valence-electron chi connectivity index (χ1n) is 7.60. The quantitative estimate of drug-likeness (QED) is 0.860. The van der Waals surface area contributed by atoms with Crippen LogP contribution < -0.4 is 0 Å². The maximum absolute atomic E-state index is 14.0. The van der Waals surface area contributed by atoms with Crippen LogP contribution in [-0.2, 0) is 5.60 Å². The number of fused-ring (bicyclic) bond motifs is 2. The van der Waals surface area contributed by atoms with E-state index in [1.807, 2.05) is 13.0 Å². The van der Waals surface area contributed by atoms with E-state index in [0.29, 0.717) is 17.9 Å². The summed E-state index contributed by atoms with van der Waals surface area (Å²) < 4.78 is 14.0. The van der Waals surface area contributed by atoms with Crippen molar-refractivity contribution in [3.63, 3.8) is 0 Å². The van der Waals surface area contributed by atoms with Gasteiger partial charge in [-0.05, 0) is 55.9 Å². The van der Waals surface area contributed by atoms with Gasteiger partial charge in [0, 0.05) is 5.56 Å². The van der Waals surface area contributed by atoms with E-state index in [0.717, 1.165) is 18.3 Å². The molecule has 0 aromatic heterocycles. The molecule has 1 aromatic carbocycles. The van der Waals surface area contributed by atoms with Crippen molar-refractivity contribution in [2.24, 2.45) is 17.8 Å². The number of hydrogen-bond donors (Lipinski definition) is 1. The Balaban J connectivity index is 1.81. The highest BCUT2D eigenvalue weighted by Crippen LogP contribution is 2.52. The van der Waals surface area contributed by atoms with E-state index in [-0.39, 0.29) is 5.82 Å². The first kappa shape index (κ1) is 13.1. The van der Waals surface area contributed by atoms with E-state index in [1.54, 1.807) is 12.1 Å². The summed E-state index contributed by atoms with van der Waals surface area (Å²) in [4.78, 5) is 0. The van der Waals surface area contributed by atoms with Crippen molar-refractivity contribution in [1.82, 2.24) is 0 Å². The topological polar surface area (TPSA) is 20.2 Å². The summed E-state index contributed by atoms with van der Waals surface area (Å²) in [7, 11) is 0. The summed E-state index contributed by atoms with van der Waals surface area (Å²) in [5, 5.41) is 10.9. The predicted molar refractivity (Wildman–Crippen MR) is 74.1 cm³/mol. The lowest BCUT2D eigenvalue weighted by Crippen LogP contribution is -2.31. The van der Waals surface area contributed by atoms with Crippen molar-refractivity contribution in [2.75, 3.05) is 0 Å². The van der Waals surface area contributed by atoms with Crippen LogP contribution in [0.3, 0.4) is 0 Å². The van der Waals surface area contributed by atoms with Crippen LogP contribution in [0, 0.1) is 23.6 Å². The van der Waals surface area contributed by atoms with Gasteiger partial charge in [-0.2, -0.15) is 0 Å². The summed E-state index contributed by atoms with van der Waals surface area (Å²) in [5.41, 5.74) is -0.499. The molecular weight excluding hydrogens is 239 g/mol. The lowest BCUT2D eigenvalue weighted by molar-refractivity contribution is -0.00431. The molecule has 2 saturated carbocycles. The van der Waals surface area contributed by atoms with Crippen LogP contribution in [0.1, 0.15) is 51.0 Å². The van der Waals surface area contributed by atoms with Crippen LogP contribution in [-0.4, -0.2) is 5.11 Å². The molecule has 0 heterocycles. The molecule has 0 spiro atoms. The van der Waals surface area contributed by atoms with Crippen molar-refractivity contribution < 1.29 is 9.50 Å². The van der Waals surface area contributed by atoms with Gasteiger partial charge in [-0.15, -0.1) is 0 Å². The van der Waals surface area contributed by atoms with E-state index in [1.165, 1.54) is 31.7 Å². The SMILES string of the molecule is CCC(O)(CC1CC2CCC1C2)c1ccccc1F. The molecule has 0 saturated heterocycles. The Labute approximate surface area is 114 Å². The highest BCUT2D eigenvalue weighted by molar-refractivity contribution is 5.24. The molecule has 4 atom stereocenters. The normalized spacial score (nSPS) is 32.5. The second-order valence-electron chi connectivity index (χ2n) is 6.50. The molecular formula is C17H23FO. The molecule has 4 unspecified atom stereocenters. The smallest absolute Gasteiger partial charge is 0.129 e. The predicted octanol–water partition coefficient (Wildman–Crippen LogP) is 4.25. The van der Waals surface area contributed by atoms with Gasteiger partial charge in [0.2, 0.25) is 0 Å². The molecule has 1 aromatic rings. The zero-order chi connectivity index (χ0) is 13.5. The van der Waals surface area contributed by atoms with Gasteiger partial charge in [-0.3, -0.25) is 0 Å². The Morgan fingerprint density at radius 2 is 2.05 bits per heavy atom. The maximum atomic E-state index is 14.0. The molecule has 2 bridgehead atoms. The van der Waals surface area contributed by atoms with Gasteiger partial charge in [0.1, 0.15) is 5.82 Å². The van der Waals surface area contributed by atoms with Gasteiger partial charge in [-0.25, -0.2) is 4.39 Å². The van der Waals surface area contributed by atoms with Gasteiger partial charge < -0.3 is 5.11 Å². The molecule has 2 fully saturated rings. The number of hydrogen-bond acceptors (Lipinski definition) is 1. The van der Waals surface area contributed by atoms with Crippen molar-refractivity contribution in [3.05, 3.63) is 35.6 Å². The van der Waals surface area contributed by atoms with E-state index >= 15 is 0 Å². The second-order valence-corrected chi connectivity index (χ2v) is 6.50. The number of aliphatic hydroxyl groups is 1. The Morgan fingerprint density at radius 1 is 1.26 bits per heavy atom. The average molecular weight is 262 g/mol. The van der Waals surface area contributed by atoms with Crippen LogP contribution in [0.2, 0.25) is 0 Å². The minimum atomic E-state index is -0.986. The lowest BCUT2D eigenvalue weighted by atomic mass is 9.76. The van der Waals surface area contributed by atoms with Crippen molar-refractivity contribution in [1.29, 1.82) is 0 Å². The zero-order valence-corrected chi connectivity index (χ0v) is 11.6. The second kappa shape index (κ2) is 4.90. The standard InChI is InChI=1S/C17H23FO/c1-2-17(19,15-5-3-4-6-16(15)18)11-14-10-12-7-8-13(14)9-12/h3-6,12-14,19H,2,7-11H2,1H3. The fourth-order valence-corrected chi connectivity index (χ4v) is 4.34. The molecule has 0 amide bonds. The average Bonchev–Trinajstić information content (AvgIpc) is 3.01. The first-order chi connectivity index (χ1) is 9.12. The number of halogens is 1. The molecule has 1 N–H and O–H groups in total. The molecule has 2 aliphatic carbocycles. The lowest BCUT2D eigenvalue weighted by Gasteiger charge is -2.33. The van der Waals surface area contributed by atoms with Crippen LogP contribution in [0.15, 0.2) is 24.3 Å². The Kier molecular flexibility index (Phi) is 3.38. The number of rotatable bonds is 4. The molecule has 0 aliphatic heterocycles. The fraction of sp³-hybridized carbons (Fsp3) is 0.647. The Bertz CT molecular complexity index is 458. The third kappa shape index (κ3) is 2.31. The maximum Gasteiger partial charge on any atom is 0.129 e. The largest absolute Gasteiger partial charge is 0.385 e. The summed E-state index contributed by atoms with van der Waals surface area (Å²) in [6.07, 6.45) is 6.56.